The van der Waals surface area contributed by atoms with Gasteiger partial charge in [0.1, 0.15) is 0 Å². The van der Waals surface area contributed by atoms with Crippen molar-refractivity contribution < 1.29 is 43.2 Å². The lowest BCUT2D eigenvalue weighted by Gasteiger charge is -2.26. The molecule has 60 heavy (non-hydrogen) atoms. The van der Waals surface area contributed by atoms with Crippen LogP contribution in [-0.4, -0.2) is 107 Å². The molecule has 13 heteroatoms. The number of hydrogen-bond donors (Lipinski definition) is 3. The SMILES string of the molecule is CCN(CC)c1ccc(NC(=O)c2cccc(CCCOCCOCCOCCOCCOCCC(=O)O)c2)c(-c2cc(C(=O)N[C@H]3CCCc4ccccc43)ccn2)c1. The summed E-state index contributed by atoms with van der Waals surface area (Å²) in [6.45, 7) is 10.0. The van der Waals surface area contributed by atoms with E-state index in [9.17, 15) is 14.4 Å². The molecule has 0 fully saturated rings. The zero-order valence-corrected chi connectivity index (χ0v) is 35.0. The van der Waals surface area contributed by atoms with Crippen LogP contribution in [0.4, 0.5) is 11.4 Å². The number of benzene rings is 3. The minimum Gasteiger partial charge on any atom is -0.481 e. The minimum atomic E-state index is -0.882. The third-order valence-electron chi connectivity index (χ3n) is 10.2. The number of amides is 2. The van der Waals surface area contributed by atoms with Crippen LogP contribution in [0, 0.1) is 0 Å². The smallest absolute Gasteiger partial charge is 0.305 e. The molecule has 1 aromatic heterocycles. The van der Waals surface area contributed by atoms with E-state index in [0.29, 0.717) is 82.0 Å². The monoisotopic (exact) mass is 824 g/mol. The quantitative estimate of drug-likeness (QED) is 0.0525. The summed E-state index contributed by atoms with van der Waals surface area (Å²) in [5.74, 6) is -1.27. The Morgan fingerprint density at radius 2 is 1.40 bits per heavy atom. The number of pyridine rings is 1. The lowest BCUT2D eigenvalue weighted by Crippen LogP contribution is -2.31. The molecule has 1 aliphatic carbocycles. The van der Waals surface area contributed by atoms with E-state index in [-0.39, 0.29) is 30.9 Å². The van der Waals surface area contributed by atoms with Gasteiger partial charge in [-0.25, -0.2) is 0 Å². The van der Waals surface area contributed by atoms with Crippen molar-refractivity contribution >= 4 is 29.2 Å². The second-order valence-corrected chi connectivity index (χ2v) is 14.4. The molecular formula is C47H60N4O9. The van der Waals surface area contributed by atoms with Gasteiger partial charge >= 0.3 is 5.97 Å². The van der Waals surface area contributed by atoms with Crippen LogP contribution in [0.25, 0.3) is 11.3 Å². The highest BCUT2D eigenvalue weighted by molar-refractivity contribution is 6.06. The Morgan fingerprint density at radius 1 is 0.733 bits per heavy atom. The molecule has 322 valence electrons. The Balaban J connectivity index is 1.08. The van der Waals surface area contributed by atoms with Gasteiger partial charge in [-0.2, -0.15) is 0 Å². The van der Waals surface area contributed by atoms with E-state index in [1.54, 1.807) is 18.3 Å². The minimum absolute atomic E-state index is 0.0147. The van der Waals surface area contributed by atoms with Crippen molar-refractivity contribution in [1.82, 2.24) is 10.3 Å². The average Bonchev–Trinajstić information content (AvgIpc) is 3.27. The Kier molecular flexibility index (Phi) is 19.5. The molecule has 0 radical (unpaired) electrons. The fraction of sp³-hybridized carbons (Fsp3) is 0.447. The van der Waals surface area contributed by atoms with Crippen LogP contribution in [-0.2, 0) is 41.3 Å². The number of aryl methyl sites for hydroxylation is 2. The number of aliphatic carboxylic acids is 1. The first-order valence-electron chi connectivity index (χ1n) is 21.1. The number of rotatable bonds is 27. The Hall–Kier alpha value is -5.18. The van der Waals surface area contributed by atoms with Gasteiger partial charge in [0.05, 0.1) is 83.3 Å². The summed E-state index contributed by atoms with van der Waals surface area (Å²) < 4.78 is 27.3. The molecule has 1 heterocycles. The summed E-state index contributed by atoms with van der Waals surface area (Å²) >= 11 is 0. The number of anilines is 2. The molecule has 13 nitrogen and oxygen atoms in total. The number of carboxylic acid groups (broad SMARTS) is 1. The fourth-order valence-electron chi connectivity index (χ4n) is 7.09. The number of carbonyl (C=O) groups is 3. The van der Waals surface area contributed by atoms with Crippen molar-refractivity contribution in [3.05, 3.63) is 113 Å². The first-order valence-corrected chi connectivity index (χ1v) is 21.1. The zero-order chi connectivity index (χ0) is 42.4. The number of nitrogens with zero attached hydrogens (tertiary/aromatic N) is 2. The lowest BCUT2D eigenvalue weighted by molar-refractivity contribution is -0.138. The van der Waals surface area contributed by atoms with Crippen molar-refractivity contribution in [3.63, 3.8) is 0 Å². The van der Waals surface area contributed by atoms with Crippen LogP contribution >= 0.6 is 0 Å². The molecule has 2 amide bonds. The Morgan fingerprint density at radius 3 is 2.10 bits per heavy atom. The Bertz CT molecular complexity index is 1950. The van der Waals surface area contributed by atoms with Gasteiger partial charge in [0, 0.05) is 48.3 Å². The van der Waals surface area contributed by atoms with Crippen LogP contribution in [0.1, 0.15) is 83.0 Å². The van der Waals surface area contributed by atoms with Crippen molar-refractivity contribution in [2.45, 2.75) is 58.4 Å². The number of carboxylic acids is 1. The summed E-state index contributed by atoms with van der Waals surface area (Å²) in [6.07, 6.45) is 6.12. The molecule has 0 unspecified atom stereocenters. The molecule has 0 bridgehead atoms. The van der Waals surface area contributed by atoms with Gasteiger partial charge in [0.25, 0.3) is 11.8 Å². The second-order valence-electron chi connectivity index (χ2n) is 14.4. The van der Waals surface area contributed by atoms with Gasteiger partial charge in [-0.15, -0.1) is 0 Å². The standard InChI is InChI=1S/C47H60N4O9/c1-3-51(4-2)39-17-18-43(41(34-39)44-33-38(19-21-48-44)47(55)49-42-16-8-13-36-12-5-6-15-40(36)42)50-46(54)37-14-7-10-35(32-37)11-9-22-56-24-26-58-28-30-60-31-29-59-27-25-57-23-20-45(52)53/h5-7,10,12,14-15,17-19,21,32-34,42H,3-4,8-9,11,13,16,20,22-31H2,1-2H3,(H,49,55)(H,50,54)(H,52,53)/t42-/m0/s1. The average molecular weight is 825 g/mol. The highest BCUT2D eigenvalue weighted by Gasteiger charge is 2.23. The van der Waals surface area contributed by atoms with E-state index in [2.05, 4.69) is 46.5 Å². The molecule has 0 spiro atoms. The summed E-state index contributed by atoms with van der Waals surface area (Å²) in [6, 6.07) is 25.4. The number of nitrogens with one attached hydrogen (secondary N) is 2. The first-order chi connectivity index (χ1) is 29.4. The number of ether oxygens (including phenoxy) is 5. The van der Waals surface area contributed by atoms with Crippen molar-refractivity contribution in [2.75, 3.05) is 89.4 Å². The number of hydrogen-bond acceptors (Lipinski definition) is 10. The van der Waals surface area contributed by atoms with Crippen molar-refractivity contribution in [1.29, 1.82) is 0 Å². The molecule has 1 aliphatic rings. The Labute approximate surface area is 353 Å². The maximum absolute atomic E-state index is 13.7. The molecule has 3 aromatic carbocycles. The van der Waals surface area contributed by atoms with Gasteiger partial charge in [-0.05, 0) is 105 Å². The van der Waals surface area contributed by atoms with Crippen LogP contribution in [0.2, 0.25) is 0 Å². The largest absolute Gasteiger partial charge is 0.481 e. The van der Waals surface area contributed by atoms with Gasteiger partial charge in [-0.3, -0.25) is 19.4 Å². The molecule has 4 aromatic rings. The van der Waals surface area contributed by atoms with E-state index in [0.717, 1.165) is 62.0 Å². The number of fused-ring (bicyclic) bond motifs is 1. The van der Waals surface area contributed by atoms with Crippen LogP contribution < -0.4 is 15.5 Å². The fourth-order valence-corrected chi connectivity index (χ4v) is 7.09. The van der Waals surface area contributed by atoms with Crippen LogP contribution in [0.5, 0.6) is 0 Å². The summed E-state index contributed by atoms with van der Waals surface area (Å²) in [5.41, 5.74) is 7.50. The molecule has 5 rings (SSSR count). The summed E-state index contributed by atoms with van der Waals surface area (Å²) in [5, 5.41) is 15.0. The predicted molar refractivity (Wildman–Crippen MR) is 232 cm³/mol. The first kappa shape index (κ1) is 45.9. The van der Waals surface area contributed by atoms with Crippen molar-refractivity contribution in [3.8, 4) is 11.3 Å². The van der Waals surface area contributed by atoms with E-state index in [4.69, 9.17) is 28.8 Å². The molecule has 0 saturated carbocycles. The third-order valence-corrected chi connectivity index (χ3v) is 10.2. The number of carbonyl (C=O) groups excluding carboxylic acids is 2. The lowest BCUT2D eigenvalue weighted by atomic mass is 9.87. The molecule has 3 N–H and O–H groups in total. The van der Waals surface area contributed by atoms with Gasteiger partial charge in [0.2, 0.25) is 0 Å². The van der Waals surface area contributed by atoms with Crippen LogP contribution in [0.3, 0.4) is 0 Å². The van der Waals surface area contributed by atoms with Gasteiger partial charge in [-0.1, -0.05) is 36.4 Å². The highest BCUT2D eigenvalue weighted by atomic mass is 16.6. The van der Waals surface area contributed by atoms with Gasteiger partial charge < -0.3 is 44.3 Å². The van der Waals surface area contributed by atoms with E-state index >= 15 is 0 Å². The summed E-state index contributed by atoms with van der Waals surface area (Å²) in [4.78, 5) is 44.8. The maximum atomic E-state index is 13.7. The zero-order valence-electron chi connectivity index (χ0n) is 35.0. The predicted octanol–water partition coefficient (Wildman–Crippen LogP) is 7.14. The van der Waals surface area contributed by atoms with E-state index in [1.165, 1.54) is 11.1 Å². The second kappa shape index (κ2) is 25.4. The van der Waals surface area contributed by atoms with E-state index in [1.807, 2.05) is 54.6 Å². The number of aromatic nitrogens is 1. The highest BCUT2D eigenvalue weighted by Crippen LogP contribution is 2.33. The molecule has 0 saturated heterocycles. The van der Waals surface area contributed by atoms with Gasteiger partial charge in [0.15, 0.2) is 0 Å². The molecule has 1 atom stereocenters. The normalized spacial score (nSPS) is 13.4. The molecule has 0 aliphatic heterocycles. The maximum Gasteiger partial charge on any atom is 0.305 e. The topological polar surface area (TPSA) is 158 Å². The van der Waals surface area contributed by atoms with Crippen molar-refractivity contribution in [2.24, 2.45) is 0 Å². The summed E-state index contributed by atoms with van der Waals surface area (Å²) in [7, 11) is 0. The molecular weight excluding hydrogens is 765 g/mol. The third kappa shape index (κ3) is 14.8. The van der Waals surface area contributed by atoms with E-state index < -0.39 is 5.97 Å². The van der Waals surface area contributed by atoms with Crippen LogP contribution in [0.15, 0.2) is 85.1 Å².